The SMILES string of the molecule is O=C(CSc1nnc(-c2ccc(Cl)cc2)n1-n1cccc1)Nc1nccs1. The van der Waals surface area contributed by atoms with E-state index in [4.69, 9.17) is 11.6 Å². The monoisotopic (exact) mass is 416 g/mol. The first-order valence-electron chi connectivity index (χ1n) is 7.88. The van der Waals surface area contributed by atoms with E-state index in [0.717, 1.165) is 5.56 Å². The Bertz CT molecular complexity index is 1030. The molecule has 3 heterocycles. The summed E-state index contributed by atoms with van der Waals surface area (Å²) in [4.78, 5) is 16.2. The number of anilines is 1. The Balaban J connectivity index is 1.59. The Kier molecular flexibility index (Phi) is 5.23. The summed E-state index contributed by atoms with van der Waals surface area (Å²) in [6.45, 7) is 0. The van der Waals surface area contributed by atoms with Crippen molar-refractivity contribution < 1.29 is 4.79 Å². The molecule has 1 aromatic carbocycles. The Labute approximate surface area is 168 Å². The van der Waals surface area contributed by atoms with Crippen LogP contribution in [0.2, 0.25) is 5.02 Å². The number of carbonyl (C=O) groups excluding carboxylic acids is 1. The molecule has 0 spiro atoms. The fourth-order valence-corrected chi connectivity index (χ4v) is 3.78. The van der Waals surface area contributed by atoms with Crippen molar-refractivity contribution in [3.05, 3.63) is 65.4 Å². The Morgan fingerprint density at radius 3 is 2.67 bits per heavy atom. The summed E-state index contributed by atoms with van der Waals surface area (Å²) in [7, 11) is 0. The summed E-state index contributed by atoms with van der Waals surface area (Å²) in [5, 5.41) is 15.0. The molecule has 27 heavy (non-hydrogen) atoms. The number of rotatable bonds is 6. The van der Waals surface area contributed by atoms with Crippen molar-refractivity contribution in [2.24, 2.45) is 0 Å². The van der Waals surface area contributed by atoms with Crippen LogP contribution in [0.25, 0.3) is 11.4 Å². The first kappa shape index (κ1) is 17.8. The number of carbonyl (C=O) groups is 1. The van der Waals surface area contributed by atoms with Gasteiger partial charge in [-0.25, -0.2) is 9.66 Å². The van der Waals surface area contributed by atoms with Crippen molar-refractivity contribution in [1.29, 1.82) is 0 Å². The van der Waals surface area contributed by atoms with Gasteiger partial charge in [-0.05, 0) is 36.4 Å². The van der Waals surface area contributed by atoms with Gasteiger partial charge in [-0.15, -0.1) is 21.5 Å². The zero-order chi connectivity index (χ0) is 18.6. The van der Waals surface area contributed by atoms with Gasteiger partial charge in [-0.3, -0.25) is 9.47 Å². The lowest BCUT2D eigenvalue weighted by Gasteiger charge is -2.11. The molecule has 0 radical (unpaired) electrons. The van der Waals surface area contributed by atoms with Crippen LogP contribution in [-0.4, -0.2) is 36.2 Å². The smallest absolute Gasteiger partial charge is 0.236 e. The molecule has 0 saturated carbocycles. The van der Waals surface area contributed by atoms with Gasteiger partial charge in [0.15, 0.2) is 11.0 Å². The van der Waals surface area contributed by atoms with Crippen LogP contribution in [0, 0.1) is 0 Å². The summed E-state index contributed by atoms with van der Waals surface area (Å²) >= 11 is 8.66. The number of hydrogen-bond acceptors (Lipinski definition) is 6. The summed E-state index contributed by atoms with van der Waals surface area (Å²) in [6.07, 6.45) is 5.43. The molecule has 0 aliphatic rings. The van der Waals surface area contributed by atoms with Gasteiger partial charge in [0, 0.05) is 34.6 Å². The van der Waals surface area contributed by atoms with E-state index in [9.17, 15) is 4.79 Å². The Hall–Kier alpha value is -2.62. The van der Waals surface area contributed by atoms with Crippen molar-refractivity contribution >= 4 is 45.7 Å². The van der Waals surface area contributed by atoms with Crippen molar-refractivity contribution in [1.82, 2.24) is 24.5 Å². The predicted octanol–water partition coefficient (Wildman–Crippen LogP) is 3.90. The third kappa shape index (κ3) is 4.05. The van der Waals surface area contributed by atoms with E-state index in [-0.39, 0.29) is 11.7 Å². The van der Waals surface area contributed by atoms with E-state index in [2.05, 4.69) is 20.5 Å². The molecular weight excluding hydrogens is 404 g/mol. The maximum atomic E-state index is 12.2. The lowest BCUT2D eigenvalue weighted by molar-refractivity contribution is -0.113. The molecule has 0 aliphatic carbocycles. The molecule has 136 valence electrons. The van der Waals surface area contributed by atoms with E-state index in [1.165, 1.54) is 23.1 Å². The van der Waals surface area contributed by atoms with Crippen LogP contribution in [0.3, 0.4) is 0 Å². The maximum absolute atomic E-state index is 12.2. The van der Waals surface area contributed by atoms with Gasteiger partial charge in [-0.1, -0.05) is 23.4 Å². The van der Waals surface area contributed by atoms with Gasteiger partial charge in [0.1, 0.15) is 0 Å². The summed E-state index contributed by atoms with van der Waals surface area (Å²) in [5.41, 5.74) is 0.875. The number of thioether (sulfide) groups is 1. The normalized spacial score (nSPS) is 10.9. The Morgan fingerprint density at radius 1 is 1.19 bits per heavy atom. The van der Waals surface area contributed by atoms with Gasteiger partial charge < -0.3 is 5.32 Å². The topological polar surface area (TPSA) is 77.6 Å². The summed E-state index contributed by atoms with van der Waals surface area (Å²) < 4.78 is 3.72. The molecular formula is C17H13ClN6OS2. The van der Waals surface area contributed by atoms with Crippen molar-refractivity contribution in [2.75, 3.05) is 11.1 Å². The number of benzene rings is 1. The van der Waals surface area contributed by atoms with Gasteiger partial charge in [0.05, 0.1) is 5.75 Å². The minimum absolute atomic E-state index is 0.148. The molecule has 0 unspecified atom stereocenters. The quantitative estimate of drug-likeness (QED) is 0.482. The van der Waals surface area contributed by atoms with Crippen LogP contribution in [0.15, 0.2) is 65.5 Å². The van der Waals surface area contributed by atoms with E-state index in [1.54, 1.807) is 18.3 Å². The molecule has 4 aromatic rings. The van der Waals surface area contributed by atoms with Crippen LogP contribution in [0.4, 0.5) is 5.13 Å². The lowest BCUT2D eigenvalue weighted by atomic mass is 10.2. The van der Waals surface area contributed by atoms with Crippen LogP contribution < -0.4 is 5.32 Å². The van der Waals surface area contributed by atoms with Gasteiger partial charge in [-0.2, -0.15) is 0 Å². The molecule has 3 aromatic heterocycles. The molecule has 4 rings (SSSR count). The Morgan fingerprint density at radius 2 is 1.96 bits per heavy atom. The third-order valence-corrected chi connectivity index (χ3v) is 5.41. The maximum Gasteiger partial charge on any atom is 0.236 e. The highest BCUT2D eigenvalue weighted by Gasteiger charge is 2.17. The third-order valence-electron chi connectivity index (χ3n) is 3.55. The van der Waals surface area contributed by atoms with Crippen LogP contribution in [0.5, 0.6) is 0 Å². The number of amides is 1. The molecule has 0 atom stereocenters. The molecule has 0 saturated heterocycles. The first-order valence-corrected chi connectivity index (χ1v) is 10.1. The zero-order valence-corrected chi connectivity index (χ0v) is 16.2. The molecule has 1 amide bonds. The predicted molar refractivity (Wildman–Crippen MR) is 107 cm³/mol. The molecule has 0 bridgehead atoms. The number of nitrogens with zero attached hydrogens (tertiary/aromatic N) is 5. The number of thiazole rings is 1. The molecule has 10 heteroatoms. The van der Waals surface area contributed by atoms with Gasteiger partial charge >= 0.3 is 0 Å². The highest BCUT2D eigenvalue weighted by Crippen LogP contribution is 2.25. The molecule has 0 fully saturated rings. The molecule has 1 N–H and O–H groups in total. The van der Waals surface area contributed by atoms with Crippen LogP contribution in [-0.2, 0) is 4.79 Å². The molecule has 0 aliphatic heterocycles. The zero-order valence-electron chi connectivity index (χ0n) is 13.8. The number of aromatic nitrogens is 5. The fraction of sp³-hybridized carbons (Fsp3) is 0.0588. The first-order chi connectivity index (χ1) is 13.2. The number of hydrogen-bond donors (Lipinski definition) is 1. The second-order valence-electron chi connectivity index (χ2n) is 5.36. The van der Waals surface area contributed by atoms with Crippen LogP contribution >= 0.6 is 34.7 Å². The second kappa shape index (κ2) is 7.95. The minimum Gasteiger partial charge on any atom is -0.301 e. The average molecular weight is 417 g/mol. The highest BCUT2D eigenvalue weighted by molar-refractivity contribution is 7.99. The fourth-order valence-electron chi connectivity index (χ4n) is 2.37. The summed E-state index contributed by atoms with van der Waals surface area (Å²) in [5.74, 6) is 0.704. The minimum atomic E-state index is -0.148. The van der Waals surface area contributed by atoms with Crippen molar-refractivity contribution in [2.45, 2.75) is 5.16 Å². The average Bonchev–Trinajstić information content (AvgIpc) is 3.42. The van der Waals surface area contributed by atoms with Crippen molar-refractivity contribution in [3.63, 3.8) is 0 Å². The second-order valence-corrected chi connectivity index (χ2v) is 7.64. The van der Waals surface area contributed by atoms with Gasteiger partial charge in [0.2, 0.25) is 11.1 Å². The van der Waals surface area contributed by atoms with E-state index in [0.29, 0.717) is 21.1 Å². The van der Waals surface area contributed by atoms with E-state index in [1.807, 2.05) is 51.4 Å². The van der Waals surface area contributed by atoms with E-state index >= 15 is 0 Å². The lowest BCUT2D eigenvalue weighted by Crippen LogP contribution is -2.15. The van der Waals surface area contributed by atoms with E-state index < -0.39 is 0 Å². The largest absolute Gasteiger partial charge is 0.301 e. The standard InChI is InChI=1S/C17H13ClN6OS2/c18-13-5-3-12(4-6-13)15-21-22-17(24(15)23-8-1-2-9-23)27-11-14(25)20-16-19-7-10-26-16/h1-10H,11H2,(H,19,20,25). The van der Waals surface area contributed by atoms with Crippen molar-refractivity contribution in [3.8, 4) is 11.4 Å². The molecule has 7 nitrogen and oxygen atoms in total. The number of nitrogens with one attached hydrogen (secondary N) is 1. The highest BCUT2D eigenvalue weighted by atomic mass is 35.5. The van der Waals surface area contributed by atoms with Gasteiger partial charge in [0.25, 0.3) is 0 Å². The van der Waals surface area contributed by atoms with Crippen LogP contribution in [0.1, 0.15) is 0 Å². The number of halogens is 1. The summed E-state index contributed by atoms with van der Waals surface area (Å²) in [6, 6.07) is 11.2.